The van der Waals surface area contributed by atoms with E-state index in [0.29, 0.717) is 12.0 Å². The molecule has 1 N–H and O–H groups in total. The number of hydrogen-bond acceptors (Lipinski definition) is 5. The van der Waals surface area contributed by atoms with Gasteiger partial charge < -0.3 is 5.32 Å². The molecule has 2 heterocycles. The lowest BCUT2D eigenvalue weighted by Gasteiger charge is -2.48. The van der Waals surface area contributed by atoms with Crippen LogP contribution in [0.3, 0.4) is 0 Å². The molecule has 1 atom stereocenters. The maximum Gasteiger partial charge on any atom is 0.188 e. The molecule has 0 aromatic carbocycles. The molecule has 0 spiro atoms. The highest BCUT2D eigenvalue weighted by Gasteiger charge is 2.38. The number of aromatic nitrogens is 4. The van der Waals surface area contributed by atoms with Crippen molar-refractivity contribution in [2.45, 2.75) is 58.7 Å². The third-order valence-electron chi connectivity index (χ3n) is 4.68. The summed E-state index contributed by atoms with van der Waals surface area (Å²) in [4.78, 5) is 4.07. The molecule has 1 aromatic rings. The lowest BCUT2D eigenvalue weighted by molar-refractivity contribution is 0.0423. The monoisotopic (exact) mass is 280 g/mol. The maximum atomic E-state index is 4.33. The average Bonchev–Trinajstić information content (AvgIpc) is 2.83. The fourth-order valence-corrected chi connectivity index (χ4v) is 3.13. The Bertz CT molecular complexity index is 423. The molecule has 0 aliphatic carbocycles. The van der Waals surface area contributed by atoms with Crippen LogP contribution in [0.15, 0.2) is 0 Å². The van der Waals surface area contributed by atoms with Gasteiger partial charge in [-0.15, -0.1) is 10.2 Å². The summed E-state index contributed by atoms with van der Waals surface area (Å²) < 4.78 is 0. The van der Waals surface area contributed by atoms with Crippen LogP contribution < -0.4 is 5.32 Å². The van der Waals surface area contributed by atoms with E-state index in [9.17, 15) is 0 Å². The van der Waals surface area contributed by atoms with Crippen molar-refractivity contribution in [3.63, 3.8) is 0 Å². The van der Waals surface area contributed by atoms with Crippen LogP contribution >= 0.6 is 0 Å². The summed E-state index contributed by atoms with van der Waals surface area (Å²) in [7, 11) is 1.82. The van der Waals surface area contributed by atoms with Crippen LogP contribution in [-0.2, 0) is 13.6 Å². The second kappa shape index (κ2) is 6.18. The quantitative estimate of drug-likeness (QED) is 0.878. The van der Waals surface area contributed by atoms with Gasteiger partial charge in [-0.25, -0.2) is 0 Å². The molecule has 2 rings (SSSR count). The topological polar surface area (TPSA) is 58.9 Å². The van der Waals surface area contributed by atoms with E-state index in [1.54, 1.807) is 0 Å². The van der Waals surface area contributed by atoms with E-state index >= 15 is 0 Å². The van der Waals surface area contributed by atoms with Gasteiger partial charge in [-0.2, -0.15) is 4.80 Å². The van der Waals surface area contributed by atoms with Gasteiger partial charge in [-0.05, 0) is 24.0 Å². The second-order valence-corrected chi connectivity index (χ2v) is 6.28. The van der Waals surface area contributed by atoms with Crippen LogP contribution in [0.1, 0.15) is 46.4 Å². The van der Waals surface area contributed by atoms with Gasteiger partial charge in [0.2, 0.25) is 0 Å². The normalized spacial score (nSPS) is 23.4. The van der Waals surface area contributed by atoms with Crippen molar-refractivity contribution in [1.82, 2.24) is 30.4 Å². The third-order valence-corrected chi connectivity index (χ3v) is 4.68. The first kappa shape index (κ1) is 15.4. The highest BCUT2D eigenvalue weighted by molar-refractivity contribution is 4.98. The number of piperazine rings is 1. The molecule has 0 bridgehead atoms. The first-order valence-corrected chi connectivity index (χ1v) is 7.71. The fraction of sp³-hybridized carbons (Fsp3) is 0.929. The second-order valence-electron chi connectivity index (χ2n) is 6.28. The van der Waals surface area contributed by atoms with Crippen molar-refractivity contribution in [3.05, 3.63) is 5.82 Å². The minimum Gasteiger partial charge on any atom is -0.308 e. The molecule has 114 valence electrons. The molecule has 1 fully saturated rings. The van der Waals surface area contributed by atoms with Crippen LogP contribution in [0, 0.1) is 5.92 Å². The summed E-state index contributed by atoms with van der Waals surface area (Å²) >= 11 is 0. The Labute approximate surface area is 121 Å². The molecule has 1 aliphatic rings. The first-order valence-electron chi connectivity index (χ1n) is 7.71. The summed E-state index contributed by atoms with van der Waals surface area (Å²) in [6.45, 7) is 12.0. The average molecular weight is 280 g/mol. The van der Waals surface area contributed by atoms with Gasteiger partial charge in [-0.3, -0.25) is 4.90 Å². The van der Waals surface area contributed by atoms with Gasteiger partial charge in [0.25, 0.3) is 0 Å². The zero-order chi connectivity index (χ0) is 14.8. The van der Waals surface area contributed by atoms with Crippen molar-refractivity contribution in [2.75, 3.05) is 13.1 Å². The molecular formula is C14H28N6. The number of aryl methyl sites for hydroxylation is 1. The van der Waals surface area contributed by atoms with E-state index in [1.807, 2.05) is 7.05 Å². The lowest BCUT2D eigenvalue weighted by Crippen LogP contribution is -2.64. The molecule has 0 saturated carbocycles. The highest BCUT2D eigenvalue weighted by atomic mass is 15.6. The number of nitrogens with zero attached hydrogens (tertiary/aromatic N) is 5. The standard InChI is InChI=1S/C14H28N6/c1-6-14(7-2)10-20(12(8-15-14)11(3)4)9-13-16-18-19(5)17-13/h11-12,15H,6-10H2,1-5H3. The highest BCUT2D eigenvalue weighted by Crippen LogP contribution is 2.26. The first-order chi connectivity index (χ1) is 9.49. The Morgan fingerprint density at radius 2 is 2.05 bits per heavy atom. The summed E-state index contributed by atoms with van der Waals surface area (Å²) in [6.07, 6.45) is 2.30. The number of nitrogens with one attached hydrogen (secondary N) is 1. The fourth-order valence-electron chi connectivity index (χ4n) is 3.13. The van der Waals surface area contributed by atoms with E-state index in [0.717, 1.165) is 38.3 Å². The van der Waals surface area contributed by atoms with Crippen LogP contribution in [0.4, 0.5) is 0 Å². The molecule has 1 saturated heterocycles. The van der Waals surface area contributed by atoms with Gasteiger partial charge in [0, 0.05) is 24.7 Å². The van der Waals surface area contributed by atoms with Crippen molar-refractivity contribution in [2.24, 2.45) is 13.0 Å². The Morgan fingerprint density at radius 1 is 1.35 bits per heavy atom. The van der Waals surface area contributed by atoms with Gasteiger partial charge in [-0.1, -0.05) is 27.7 Å². The van der Waals surface area contributed by atoms with E-state index in [4.69, 9.17) is 0 Å². The van der Waals surface area contributed by atoms with Gasteiger partial charge in [0.05, 0.1) is 13.6 Å². The van der Waals surface area contributed by atoms with Gasteiger partial charge in [0.15, 0.2) is 5.82 Å². The predicted molar refractivity (Wildman–Crippen MR) is 79.1 cm³/mol. The van der Waals surface area contributed by atoms with Crippen molar-refractivity contribution in [1.29, 1.82) is 0 Å². The third kappa shape index (κ3) is 3.17. The van der Waals surface area contributed by atoms with Crippen molar-refractivity contribution >= 4 is 0 Å². The lowest BCUT2D eigenvalue weighted by atomic mass is 9.86. The minimum absolute atomic E-state index is 0.230. The van der Waals surface area contributed by atoms with Gasteiger partial charge in [0.1, 0.15) is 0 Å². The summed E-state index contributed by atoms with van der Waals surface area (Å²) in [6, 6.07) is 0.532. The zero-order valence-electron chi connectivity index (χ0n) is 13.4. The van der Waals surface area contributed by atoms with Crippen LogP contribution in [0.5, 0.6) is 0 Å². The summed E-state index contributed by atoms with van der Waals surface area (Å²) in [5.41, 5.74) is 0.230. The molecule has 1 aromatic heterocycles. The summed E-state index contributed by atoms with van der Waals surface area (Å²) in [5, 5.41) is 16.2. The molecule has 1 unspecified atom stereocenters. The smallest absolute Gasteiger partial charge is 0.188 e. The minimum atomic E-state index is 0.230. The zero-order valence-corrected chi connectivity index (χ0v) is 13.4. The Hall–Kier alpha value is -1.01. The van der Waals surface area contributed by atoms with E-state index in [2.05, 4.69) is 53.3 Å². The maximum absolute atomic E-state index is 4.33. The van der Waals surface area contributed by atoms with Crippen LogP contribution in [0.2, 0.25) is 0 Å². The van der Waals surface area contributed by atoms with Crippen LogP contribution in [-0.4, -0.2) is 49.8 Å². The SMILES string of the molecule is CCC1(CC)CN(Cc2nnn(C)n2)C(C(C)C)CN1. The largest absolute Gasteiger partial charge is 0.308 e. The molecular weight excluding hydrogens is 252 g/mol. The molecule has 6 heteroatoms. The van der Waals surface area contributed by atoms with Crippen molar-refractivity contribution < 1.29 is 0 Å². The Balaban J connectivity index is 2.14. The number of tetrazole rings is 1. The molecule has 20 heavy (non-hydrogen) atoms. The number of rotatable bonds is 5. The van der Waals surface area contributed by atoms with E-state index in [-0.39, 0.29) is 5.54 Å². The van der Waals surface area contributed by atoms with Gasteiger partial charge >= 0.3 is 0 Å². The Morgan fingerprint density at radius 3 is 2.55 bits per heavy atom. The number of hydrogen-bond donors (Lipinski definition) is 1. The molecule has 0 radical (unpaired) electrons. The van der Waals surface area contributed by atoms with Crippen LogP contribution in [0.25, 0.3) is 0 Å². The predicted octanol–water partition coefficient (Wildman–Crippen LogP) is 1.20. The van der Waals surface area contributed by atoms with Crippen molar-refractivity contribution in [3.8, 4) is 0 Å². The molecule has 0 amide bonds. The molecule has 6 nitrogen and oxygen atoms in total. The summed E-state index contributed by atoms with van der Waals surface area (Å²) in [5.74, 6) is 1.44. The Kier molecular flexibility index (Phi) is 4.75. The van der Waals surface area contributed by atoms with E-state index < -0.39 is 0 Å². The molecule has 1 aliphatic heterocycles. The van der Waals surface area contributed by atoms with E-state index in [1.165, 1.54) is 4.80 Å².